The van der Waals surface area contributed by atoms with Gasteiger partial charge in [-0.15, -0.1) is 0 Å². The molecule has 0 aliphatic heterocycles. The van der Waals surface area contributed by atoms with E-state index in [1.807, 2.05) is 25.1 Å². The van der Waals surface area contributed by atoms with E-state index in [9.17, 15) is 0 Å². The summed E-state index contributed by atoms with van der Waals surface area (Å²) in [6.07, 6.45) is 0.759. The minimum atomic E-state index is 0.591. The van der Waals surface area contributed by atoms with Crippen molar-refractivity contribution in [2.24, 2.45) is 0 Å². The first-order chi connectivity index (χ1) is 8.19. The second kappa shape index (κ2) is 5.51. The number of nitrogens with two attached hydrogens (primary N) is 1. The van der Waals surface area contributed by atoms with Gasteiger partial charge in [-0.05, 0) is 40.5 Å². The minimum Gasteiger partial charge on any atom is -0.494 e. The zero-order valence-electron chi connectivity index (χ0n) is 9.44. The van der Waals surface area contributed by atoms with Crippen LogP contribution in [0.25, 0.3) is 0 Å². The summed E-state index contributed by atoms with van der Waals surface area (Å²) in [4.78, 5) is 4.29. The fourth-order valence-electron chi connectivity index (χ4n) is 1.56. The van der Waals surface area contributed by atoms with E-state index in [2.05, 4.69) is 27.0 Å². The van der Waals surface area contributed by atoms with Gasteiger partial charge in [0.25, 0.3) is 0 Å². The molecule has 0 atom stereocenters. The predicted molar refractivity (Wildman–Crippen MR) is 74.6 cm³/mol. The fraction of sp³-hybridized carbons (Fsp3) is 0.250. The lowest BCUT2D eigenvalue weighted by atomic mass is 10.1. The van der Waals surface area contributed by atoms with E-state index in [4.69, 9.17) is 10.5 Å². The largest absolute Gasteiger partial charge is 0.494 e. The molecule has 2 rings (SSSR count). The smallest absolute Gasteiger partial charge is 0.181 e. The SMILES string of the molecule is CCOc1cccc(Cc2nc(N)sc2Br)c1. The summed E-state index contributed by atoms with van der Waals surface area (Å²) in [6.45, 7) is 2.65. The van der Waals surface area contributed by atoms with Crippen molar-refractivity contribution in [3.05, 3.63) is 39.3 Å². The molecule has 0 amide bonds. The van der Waals surface area contributed by atoms with Crippen LogP contribution in [-0.2, 0) is 6.42 Å². The lowest BCUT2D eigenvalue weighted by Gasteiger charge is -2.05. The molecule has 1 aromatic carbocycles. The number of hydrogen-bond acceptors (Lipinski definition) is 4. The average molecular weight is 313 g/mol. The quantitative estimate of drug-likeness (QED) is 0.940. The number of nitrogens with zero attached hydrogens (tertiary/aromatic N) is 1. The van der Waals surface area contributed by atoms with Crippen LogP contribution in [-0.4, -0.2) is 11.6 Å². The number of nitrogen functional groups attached to an aromatic ring is 1. The molecule has 1 aromatic heterocycles. The summed E-state index contributed by atoms with van der Waals surface area (Å²) in [7, 11) is 0. The Bertz CT molecular complexity index is 513. The van der Waals surface area contributed by atoms with Crippen molar-refractivity contribution in [1.82, 2.24) is 4.98 Å². The maximum absolute atomic E-state index is 5.66. The normalized spacial score (nSPS) is 10.5. The highest BCUT2D eigenvalue weighted by molar-refractivity contribution is 9.11. The molecule has 0 spiro atoms. The molecule has 0 aliphatic carbocycles. The Hall–Kier alpha value is -1.07. The highest BCUT2D eigenvalue weighted by atomic mass is 79.9. The average Bonchev–Trinajstić information content (AvgIpc) is 2.58. The Morgan fingerprint density at radius 2 is 2.29 bits per heavy atom. The van der Waals surface area contributed by atoms with Gasteiger partial charge in [0.1, 0.15) is 5.75 Å². The Labute approximate surface area is 113 Å². The van der Waals surface area contributed by atoms with Gasteiger partial charge >= 0.3 is 0 Å². The molecule has 17 heavy (non-hydrogen) atoms. The fourth-order valence-corrected chi connectivity index (χ4v) is 2.87. The second-order valence-corrected chi connectivity index (χ2v) is 5.88. The highest BCUT2D eigenvalue weighted by Gasteiger charge is 2.08. The van der Waals surface area contributed by atoms with Crippen molar-refractivity contribution in [2.45, 2.75) is 13.3 Å². The van der Waals surface area contributed by atoms with Crippen LogP contribution >= 0.6 is 27.3 Å². The molecule has 0 saturated heterocycles. The number of rotatable bonds is 4. The monoisotopic (exact) mass is 312 g/mol. The third-order valence-corrected chi connectivity index (χ3v) is 3.91. The van der Waals surface area contributed by atoms with Crippen LogP contribution in [0.15, 0.2) is 28.1 Å². The number of halogens is 1. The number of ether oxygens (including phenoxy) is 1. The van der Waals surface area contributed by atoms with Crippen molar-refractivity contribution in [2.75, 3.05) is 12.3 Å². The minimum absolute atomic E-state index is 0.591. The maximum atomic E-state index is 5.66. The molecule has 90 valence electrons. The summed E-state index contributed by atoms with van der Waals surface area (Å²) in [6, 6.07) is 8.04. The standard InChI is InChI=1S/C12H13BrN2OS/c1-2-16-9-5-3-4-8(6-9)7-10-11(13)17-12(14)15-10/h3-6H,2,7H2,1H3,(H2,14,15). The van der Waals surface area contributed by atoms with E-state index < -0.39 is 0 Å². The van der Waals surface area contributed by atoms with Crippen LogP contribution in [0, 0.1) is 0 Å². The van der Waals surface area contributed by atoms with Crippen LogP contribution in [0.5, 0.6) is 5.75 Å². The van der Waals surface area contributed by atoms with Crippen LogP contribution in [0.4, 0.5) is 5.13 Å². The Morgan fingerprint density at radius 1 is 1.47 bits per heavy atom. The molecule has 2 aromatic rings. The van der Waals surface area contributed by atoms with E-state index in [1.54, 1.807) is 0 Å². The molecule has 5 heteroatoms. The molecule has 0 aliphatic rings. The van der Waals surface area contributed by atoms with E-state index >= 15 is 0 Å². The molecule has 3 nitrogen and oxygen atoms in total. The van der Waals surface area contributed by atoms with E-state index in [1.165, 1.54) is 16.9 Å². The van der Waals surface area contributed by atoms with Crippen LogP contribution in [0.3, 0.4) is 0 Å². The van der Waals surface area contributed by atoms with Crippen LogP contribution in [0.2, 0.25) is 0 Å². The first-order valence-corrected chi connectivity index (χ1v) is 6.92. The van der Waals surface area contributed by atoms with Crippen molar-refractivity contribution in [3.8, 4) is 5.75 Å². The molecule has 0 bridgehead atoms. The number of aromatic nitrogens is 1. The van der Waals surface area contributed by atoms with E-state index in [-0.39, 0.29) is 0 Å². The van der Waals surface area contributed by atoms with Gasteiger partial charge in [-0.3, -0.25) is 0 Å². The highest BCUT2D eigenvalue weighted by Crippen LogP contribution is 2.28. The van der Waals surface area contributed by atoms with Gasteiger partial charge in [-0.1, -0.05) is 23.5 Å². The zero-order valence-corrected chi connectivity index (χ0v) is 11.8. The number of thiazole rings is 1. The summed E-state index contributed by atoms with van der Waals surface area (Å²) in [5.74, 6) is 0.893. The van der Waals surface area contributed by atoms with Gasteiger partial charge < -0.3 is 10.5 Å². The van der Waals surface area contributed by atoms with Crippen molar-refractivity contribution >= 4 is 32.4 Å². The number of anilines is 1. The lowest BCUT2D eigenvalue weighted by Crippen LogP contribution is -1.94. The molecular weight excluding hydrogens is 300 g/mol. The predicted octanol–water partition coefficient (Wildman–Crippen LogP) is 3.48. The van der Waals surface area contributed by atoms with Gasteiger partial charge in [0.05, 0.1) is 16.1 Å². The van der Waals surface area contributed by atoms with Crippen molar-refractivity contribution < 1.29 is 4.74 Å². The number of hydrogen-bond donors (Lipinski definition) is 1. The van der Waals surface area contributed by atoms with Gasteiger partial charge in [0.15, 0.2) is 5.13 Å². The summed E-state index contributed by atoms with van der Waals surface area (Å²) < 4.78 is 6.46. The first-order valence-electron chi connectivity index (χ1n) is 5.31. The Kier molecular flexibility index (Phi) is 4.02. The molecule has 2 N–H and O–H groups in total. The summed E-state index contributed by atoms with van der Waals surface area (Å²) in [5, 5.41) is 0.591. The van der Waals surface area contributed by atoms with E-state index in [0.717, 1.165) is 21.7 Å². The zero-order chi connectivity index (χ0) is 12.3. The van der Waals surface area contributed by atoms with Gasteiger partial charge in [-0.25, -0.2) is 4.98 Å². The van der Waals surface area contributed by atoms with Crippen molar-refractivity contribution in [3.63, 3.8) is 0 Å². The molecule has 0 radical (unpaired) electrons. The Balaban J connectivity index is 2.18. The van der Waals surface area contributed by atoms with Gasteiger partial charge in [0.2, 0.25) is 0 Å². The van der Waals surface area contributed by atoms with Gasteiger partial charge in [0, 0.05) is 6.42 Å². The topological polar surface area (TPSA) is 48.1 Å². The molecule has 0 saturated carbocycles. The molecule has 0 fully saturated rings. The molecule has 0 unspecified atom stereocenters. The molecular formula is C12H13BrN2OS. The van der Waals surface area contributed by atoms with E-state index in [0.29, 0.717) is 11.7 Å². The van der Waals surface area contributed by atoms with Crippen LogP contribution in [0.1, 0.15) is 18.2 Å². The third-order valence-electron chi connectivity index (χ3n) is 2.25. The molecule has 1 heterocycles. The lowest BCUT2D eigenvalue weighted by molar-refractivity contribution is 0.340. The summed E-state index contributed by atoms with van der Waals surface area (Å²) >= 11 is 4.92. The summed E-state index contributed by atoms with van der Waals surface area (Å²) in [5.41, 5.74) is 7.81. The third kappa shape index (κ3) is 3.20. The van der Waals surface area contributed by atoms with Gasteiger partial charge in [-0.2, -0.15) is 0 Å². The Morgan fingerprint density at radius 3 is 2.94 bits per heavy atom. The maximum Gasteiger partial charge on any atom is 0.181 e. The second-order valence-electron chi connectivity index (χ2n) is 3.53. The van der Waals surface area contributed by atoms with Crippen LogP contribution < -0.4 is 10.5 Å². The van der Waals surface area contributed by atoms with Crippen molar-refractivity contribution in [1.29, 1.82) is 0 Å². The number of benzene rings is 1. The first kappa shape index (κ1) is 12.4.